The van der Waals surface area contributed by atoms with Crippen molar-refractivity contribution in [2.45, 2.75) is 33.4 Å². The Kier molecular flexibility index (Phi) is 6.39. The van der Waals surface area contributed by atoms with Crippen molar-refractivity contribution in [2.75, 3.05) is 5.32 Å². The van der Waals surface area contributed by atoms with Crippen LogP contribution in [0.2, 0.25) is 0 Å². The maximum atomic E-state index is 12.4. The van der Waals surface area contributed by atoms with Crippen molar-refractivity contribution in [3.05, 3.63) is 70.6 Å². The van der Waals surface area contributed by atoms with Gasteiger partial charge in [-0.05, 0) is 36.2 Å². The molecule has 1 atom stereocenters. The molecule has 2 N–H and O–H groups in total. The first-order chi connectivity index (χ1) is 14.0. The van der Waals surface area contributed by atoms with Gasteiger partial charge in [0.25, 0.3) is 5.56 Å². The topological polar surface area (TPSA) is 93.1 Å². The predicted octanol–water partition coefficient (Wildman–Crippen LogP) is 2.70. The lowest BCUT2D eigenvalue weighted by atomic mass is 10.1. The van der Waals surface area contributed by atoms with E-state index in [2.05, 4.69) is 15.6 Å². The van der Waals surface area contributed by atoms with Crippen LogP contribution >= 0.6 is 0 Å². The largest absolute Gasteiger partial charge is 0.350 e. The lowest BCUT2D eigenvalue weighted by Crippen LogP contribution is -2.32. The Balaban J connectivity index is 1.65. The molecule has 0 aliphatic heterocycles. The average Bonchev–Trinajstić information content (AvgIpc) is 2.74. The normalized spacial score (nSPS) is 11.8. The SMILES string of the molecule is CCC(C)C(=O)Nc1cccc(CNC(=O)Cn2c(=O)cnc3ccccc32)c1. The van der Waals surface area contributed by atoms with Crippen molar-refractivity contribution in [1.29, 1.82) is 0 Å². The molecule has 0 fully saturated rings. The predicted molar refractivity (Wildman–Crippen MR) is 112 cm³/mol. The van der Waals surface area contributed by atoms with Crippen molar-refractivity contribution in [2.24, 2.45) is 5.92 Å². The minimum Gasteiger partial charge on any atom is -0.350 e. The van der Waals surface area contributed by atoms with E-state index in [4.69, 9.17) is 0 Å². The first-order valence-corrected chi connectivity index (χ1v) is 9.59. The molecule has 1 heterocycles. The van der Waals surface area contributed by atoms with E-state index in [1.165, 1.54) is 10.8 Å². The summed E-state index contributed by atoms with van der Waals surface area (Å²) >= 11 is 0. The van der Waals surface area contributed by atoms with Gasteiger partial charge in [-0.3, -0.25) is 19.0 Å². The monoisotopic (exact) mass is 392 g/mol. The third-order valence-electron chi connectivity index (χ3n) is 4.80. The first-order valence-electron chi connectivity index (χ1n) is 9.59. The number of nitrogens with one attached hydrogen (secondary N) is 2. The molecule has 1 aromatic heterocycles. The van der Waals surface area contributed by atoms with Crippen LogP contribution in [-0.4, -0.2) is 21.4 Å². The summed E-state index contributed by atoms with van der Waals surface area (Å²) in [7, 11) is 0. The summed E-state index contributed by atoms with van der Waals surface area (Å²) < 4.78 is 1.40. The number of aromatic nitrogens is 2. The van der Waals surface area contributed by atoms with Crippen molar-refractivity contribution in [3.63, 3.8) is 0 Å². The fraction of sp³-hybridized carbons (Fsp3) is 0.273. The number of benzene rings is 2. The minimum atomic E-state index is -0.325. The number of para-hydroxylation sites is 2. The van der Waals surface area contributed by atoms with Crippen LogP contribution < -0.4 is 16.2 Å². The number of hydrogen-bond acceptors (Lipinski definition) is 4. The molecule has 7 nitrogen and oxygen atoms in total. The molecule has 0 spiro atoms. The summed E-state index contributed by atoms with van der Waals surface area (Å²) in [5.74, 6) is -0.373. The number of anilines is 1. The van der Waals surface area contributed by atoms with Gasteiger partial charge in [-0.1, -0.05) is 38.1 Å². The standard InChI is InChI=1S/C22H24N4O3/c1-3-15(2)22(29)25-17-8-6-7-16(11-17)12-24-20(27)14-26-19-10-5-4-9-18(19)23-13-21(26)28/h4-11,13,15H,3,12,14H2,1-2H3,(H,24,27)(H,25,29). The average molecular weight is 392 g/mol. The molecule has 29 heavy (non-hydrogen) atoms. The van der Waals surface area contributed by atoms with E-state index in [1.807, 2.05) is 44.2 Å². The highest BCUT2D eigenvalue weighted by atomic mass is 16.2. The van der Waals surface area contributed by atoms with Crippen molar-refractivity contribution in [3.8, 4) is 0 Å². The molecular formula is C22H24N4O3. The van der Waals surface area contributed by atoms with E-state index in [-0.39, 0.29) is 29.8 Å². The van der Waals surface area contributed by atoms with Crippen LogP contribution in [0.5, 0.6) is 0 Å². The number of fused-ring (bicyclic) bond motifs is 1. The minimum absolute atomic E-state index is 0.0300. The van der Waals surface area contributed by atoms with Crippen LogP contribution in [0.4, 0.5) is 5.69 Å². The zero-order valence-corrected chi connectivity index (χ0v) is 16.5. The van der Waals surface area contributed by atoms with E-state index >= 15 is 0 Å². The molecule has 2 amide bonds. The van der Waals surface area contributed by atoms with Gasteiger partial charge in [0.15, 0.2) is 0 Å². The smallest absolute Gasteiger partial charge is 0.269 e. The second-order valence-corrected chi connectivity index (χ2v) is 6.95. The zero-order valence-electron chi connectivity index (χ0n) is 16.5. The lowest BCUT2D eigenvalue weighted by Gasteiger charge is -2.12. The Hall–Kier alpha value is -3.48. The van der Waals surface area contributed by atoms with E-state index < -0.39 is 0 Å². The molecular weight excluding hydrogens is 368 g/mol. The van der Waals surface area contributed by atoms with Crippen molar-refractivity contribution in [1.82, 2.24) is 14.9 Å². The van der Waals surface area contributed by atoms with Gasteiger partial charge in [-0.15, -0.1) is 0 Å². The van der Waals surface area contributed by atoms with Crippen LogP contribution in [-0.2, 0) is 22.7 Å². The van der Waals surface area contributed by atoms with Crippen molar-refractivity contribution >= 4 is 28.5 Å². The van der Waals surface area contributed by atoms with Gasteiger partial charge < -0.3 is 10.6 Å². The zero-order chi connectivity index (χ0) is 20.8. The summed E-state index contributed by atoms with van der Waals surface area (Å²) in [5.41, 5.74) is 2.49. The van der Waals surface area contributed by atoms with Gasteiger partial charge in [-0.2, -0.15) is 0 Å². The molecule has 1 unspecified atom stereocenters. The molecule has 150 valence electrons. The second kappa shape index (κ2) is 9.14. The number of amides is 2. The van der Waals surface area contributed by atoms with Gasteiger partial charge in [-0.25, -0.2) is 4.98 Å². The molecule has 0 aliphatic carbocycles. The Morgan fingerprint density at radius 3 is 2.72 bits per heavy atom. The van der Waals surface area contributed by atoms with E-state index in [1.54, 1.807) is 18.2 Å². The maximum Gasteiger partial charge on any atom is 0.269 e. The van der Waals surface area contributed by atoms with Gasteiger partial charge in [0, 0.05) is 18.2 Å². The van der Waals surface area contributed by atoms with Crippen molar-refractivity contribution < 1.29 is 9.59 Å². The first kappa shape index (κ1) is 20.3. The highest BCUT2D eigenvalue weighted by molar-refractivity contribution is 5.92. The Morgan fingerprint density at radius 2 is 1.93 bits per heavy atom. The molecule has 3 rings (SSSR count). The Bertz CT molecular complexity index is 1090. The summed E-state index contributed by atoms with van der Waals surface area (Å²) in [6.07, 6.45) is 1.99. The van der Waals surface area contributed by atoms with Gasteiger partial charge in [0.1, 0.15) is 6.54 Å². The van der Waals surface area contributed by atoms with E-state index in [9.17, 15) is 14.4 Å². The summed E-state index contributed by atoms with van der Waals surface area (Å²) in [5, 5.41) is 5.71. The molecule has 3 aromatic rings. The van der Waals surface area contributed by atoms with Crippen LogP contribution in [0.3, 0.4) is 0 Å². The van der Waals surface area contributed by atoms with Crippen LogP contribution in [0, 0.1) is 5.92 Å². The molecule has 2 aromatic carbocycles. The van der Waals surface area contributed by atoms with Gasteiger partial charge >= 0.3 is 0 Å². The fourth-order valence-electron chi connectivity index (χ4n) is 2.89. The molecule has 7 heteroatoms. The van der Waals surface area contributed by atoms with Gasteiger partial charge in [0.2, 0.25) is 11.8 Å². The Labute approximate surface area is 168 Å². The third kappa shape index (κ3) is 5.07. The number of rotatable bonds is 7. The Morgan fingerprint density at radius 1 is 1.14 bits per heavy atom. The molecule has 0 bridgehead atoms. The summed E-state index contributed by atoms with van der Waals surface area (Å²) in [6, 6.07) is 14.5. The maximum absolute atomic E-state index is 12.4. The summed E-state index contributed by atoms with van der Waals surface area (Å²) in [4.78, 5) is 40.7. The number of hydrogen-bond donors (Lipinski definition) is 2. The summed E-state index contributed by atoms with van der Waals surface area (Å²) in [6.45, 7) is 4.05. The highest BCUT2D eigenvalue weighted by Crippen LogP contribution is 2.13. The molecule has 0 aliphatic rings. The molecule has 0 radical (unpaired) electrons. The second-order valence-electron chi connectivity index (χ2n) is 6.95. The fourth-order valence-corrected chi connectivity index (χ4v) is 2.89. The highest BCUT2D eigenvalue weighted by Gasteiger charge is 2.11. The van der Waals surface area contributed by atoms with Crippen LogP contribution in [0.15, 0.2) is 59.5 Å². The lowest BCUT2D eigenvalue weighted by molar-refractivity contribution is -0.122. The van der Waals surface area contributed by atoms with Crippen LogP contribution in [0.25, 0.3) is 11.0 Å². The molecule has 0 saturated heterocycles. The third-order valence-corrected chi connectivity index (χ3v) is 4.80. The number of nitrogens with zero attached hydrogens (tertiary/aromatic N) is 2. The number of carbonyl (C=O) groups is 2. The quantitative estimate of drug-likeness (QED) is 0.647. The molecule has 0 saturated carbocycles. The van der Waals surface area contributed by atoms with Crippen LogP contribution in [0.1, 0.15) is 25.8 Å². The number of carbonyl (C=O) groups excluding carboxylic acids is 2. The van der Waals surface area contributed by atoms with E-state index in [0.29, 0.717) is 23.3 Å². The van der Waals surface area contributed by atoms with Gasteiger partial charge in [0.05, 0.1) is 17.2 Å². The van der Waals surface area contributed by atoms with E-state index in [0.717, 1.165) is 12.0 Å².